The van der Waals surface area contributed by atoms with E-state index in [1.165, 1.54) is 35.1 Å². The SMILES string of the molecule is CCN1C(=O)/C(=C/c2cc(OC)c(O)c([N+](=O)[O-])c2)N(C)C1=S. The van der Waals surface area contributed by atoms with Crippen LogP contribution in [-0.2, 0) is 4.79 Å². The average molecular weight is 337 g/mol. The van der Waals surface area contributed by atoms with E-state index in [1.807, 2.05) is 0 Å². The monoisotopic (exact) mass is 337 g/mol. The summed E-state index contributed by atoms with van der Waals surface area (Å²) in [7, 11) is 2.93. The van der Waals surface area contributed by atoms with Crippen LogP contribution in [0.4, 0.5) is 5.69 Å². The van der Waals surface area contributed by atoms with Gasteiger partial charge in [-0.1, -0.05) is 0 Å². The second kappa shape index (κ2) is 6.21. The van der Waals surface area contributed by atoms with E-state index in [-0.39, 0.29) is 11.7 Å². The van der Waals surface area contributed by atoms with Gasteiger partial charge in [0.2, 0.25) is 5.75 Å². The first kappa shape index (κ1) is 16.7. The Morgan fingerprint density at radius 1 is 1.48 bits per heavy atom. The van der Waals surface area contributed by atoms with Crippen LogP contribution in [0.3, 0.4) is 0 Å². The first-order chi connectivity index (χ1) is 10.8. The van der Waals surface area contributed by atoms with Crippen molar-refractivity contribution in [2.75, 3.05) is 20.7 Å². The number of ether oxygens (including phenoxy) is 1. The number of thiocarbonyl (C=S) groups is 1. The van der Waals surface area contributed by atoms with Crippen molar-refractivity contribution in [2.24, 2.45) is 0 Å². The Balaban J connectivity index is 2.55. The molecule has 0 radical (unpaired) electrons. The van der Waals surface area contributed by atoms with Crippen molar-refractivity contribution in [1.29, 1.82) is 0 Å². The number of benzene rings is 1. The lowest BCUT2D eigenvalue weighted by molar-refractivity contribution is -0.386. The van der Waals surface area contributed by atoms with E-state index in [1.54, 1.807) is 14.0 Å². The standard InChI is InChI=1S/C14H15N3O5S/c1-4-16-13(19)10(15(2)14(16)23)6-8-5-9(17(20)21)12(18)11(7-8)22-3/h5-7,18H,4H2,1-3H3/b10-6-. The molecule has 0 saturated carbocycles. The van der Waals surface area contributed by atoms with Gasteiger partial charge >= 0.3 is 5.69 Å². The molecule has 1 N–H and O–H groups in total. The number of methoxy groups -OCH3 is 1. The fourth-order valence-corrected chi connectivity index (χ4v) is 2.55. The summed E-state index contributed by atoms with van der Waals surface area (Å²) in [4.78, 5) is 25.6. The maximum absolute atomic E-state index is 12.3. The van der Waals surface area contributed by atoms with Crippen molar-refractivity contribution in [3.63, 3.8) is 0 Å². The topological polar surface area (TPSA) is 96.1 Å². The average Bonchev–Trinajstić information content (AvgIpc) is 2.71. The summed E-state index contributed by atoms with van der Waals surface area (Å²) in [6, 6.07) is 2.58. The summed E-state index contributed by atoms with van der Waals surface area (Å²) in [5, 5.41) is 21.2. The second-order valence-electron chi connectivity index (χ2n) is 4.77. The number of hydrogen-bond donors (Lipinski definition) is 1. The zero-order chi connectivity index (χ0) is 17.3. The van der Waals surface area contributed by atoms with Gasteiger partial charge in [-0.3, -0.25) is 19.8 Å². The normalized spacial score (nSPS) is 16.4. The van der Waals surface area contributed by atoms with Crippen LogP contribution in [0.5, 0.6) is 11.5 Å². The van der Waals surface area contributed by atoms with Gasteiger partial charge in [0, 0.05) is 19.7 Å². The Hall–Kier alpha value is -2.68. The molecule has 1 fully saturated rings. The molecule has 9 heteroatoms. The Bertz CT molecular complexity index is 731. The molecule has 1 aliphatic heterocycles. The number of amides is 1. The summed E-state index contributed by atoms with van der Waals surface area (Å²) >= 11 is 5.19. The second-order valence-corrected chi connectivity index (χ2v) is 5.13. The highest BCUT2D eigenvalue weighted by Gasteiger charge is 2.34. The molecule has 1 amide bonds. The minimum Gasteiger partial charge on any atom is -0.500 e. The number of nitro benzene ring substituents is 1. The van der Waals surface area contributed by atoms with Gasteiger partial charge in [-0.15, -0.1) is 0 Å². The number of phenolic OH excluding ortho intramolecular Hbond substituents is 1. The third-order valence-corrected chi connectivity index (χ3v) is 3.95. The first-order valence-corrected chi connectivity index (χ1v) is 7.09. The highest BCUT2D eigenvalue weighted by Crippen LogP contribution is 2.37. The molecule has 0 unspecified atom stereocenters. The van der Waals surface area contributed by atoms with Crippen LogP contribution in [0.15, 0.2) is 17.8 Å². The molecule has 0 aliphatic carbocycles. The number of likely N-dealkylation sites (N-methyl/N-ethyl adjacent to an activating group) is 2. The van der Waals surface area contributed by atoms with Gasteiger partial charge in [0.25, 0.3) is 5.91 Å². The molecule has 1 aromatic rings. The fourth-order valence-electron chi connectivity index (χ4n) is 2.24. The van der Waals surface area contributed by atoms with E-state index in [0.29, 0.717) is 22.9 Å². The van der Waals surface area contributed by atoms with Crippen molar-refractivity contribution >= 4 is 35.0 Å². The largest absolute Gasteiger partial charge is 0.500 e. The fraction of sp³-hybridized carbons (Fsp3) is 0.286. The summed E-state index contributed by atoms with van der Waals surface area (Å²) in [6.45, 7) is 2.23. The zero-order valence-corrected chi connectivity index (χ0v) is 13.6. The number of nitrogens with zero attached hydrogens (tertiary/aromatic N) is 3. The van der Waals surface area contributed by atoms with E-state index in [2.05, 4.69) is 0 Å². The molecule has 23 heavy (non-hydrogen) atoms. The van der Waals surface area contributed by atoms with Gasteiger partial charge in [0.15, 0.2) is 10.9 Å². The van der Waals surface area contributed by atoms with Crippen LogP contribution in [0.1, 0.15) is 12.5 Å². The van der Waals surface area contributed by atoms with Crippen molar-refractivity contribution < 1.29 is 19.6 Å². The molecule has 1 saturated heterocycles. The van der Waals surface area contributed by atoms with E-state index in [9.17, 15) is 20.0 Å². The van der Waals surface area contributed by atoms with E-state index >= 15 is 0 Å². The van der Waals surface area contributed by atoms with Gasteiger partial charge in [-0.25, -0.2) is 0 Å². The highest BCUT2D eigenvalue weighted by atomic mass is 32.1. The molecule has 2 rings (SSSR count). The molecule has 122 valence electrons. The molecule has 1 aliphatic rings. The lowest BCUT2D eigenvalue weighted by atomic mass is 10.1. The van der Waals surface area contributed by atoms with E-state index in [4.69, 9.17) is 17.0 Å². The lowest BCUT2D eigenvalue weighted by Gasteiger charge is -2.13. The van der Waals surface area contributed by atoms with E-state index in [0.717, 1.165) is 0 Å². The van der Waals surface area contributed by atoms with E-state index < -0.39 is 16.4 Å². The van der Waals surface area contributed by atoms with Gasteiger partial charge < -0.3 is 14.7 Å². The highest BCUT2D eigenvalue weighted by molar-refractivity contribution is 7.80. The predicted octanol–water partition coefficient (Wildman–Crippen LogP) is 1.73. The van der Waals surface area contributed by atoms with Crippen molar-refractivity contribution in [2.45, 2.75) is 6.92 Å². The molecular weight excluding hydrogens is 322 g/mol. The molecular formula is C14H15N3O5S. The Morgan fingerprint density at radius 2 is 2.13 bits per heavy atom. The molecule has 0 atom stereocenters. The maximum Gasteiger partial charge on any atom is 0.315 e. The lowest BCUT2D eigenvalue weighted by Crippen LogP contribution is -2.30. The van der Waals surface area contributed by atoms with Crippen molar-refractivity contribution in [3.05, 3.63) is 33.5 Å². The number of aromatic hydroxyl groups is 1. The molecule has 0 aromatic heterocycles. The molecule has 0 spiro atoms. The summed E-state index contributed by atoms with van der Waals surface area (Å²) in [6.07, 6.45) is 1.47. The summed E-state index contributed by atoms with van der Waals surface area (Å²) < 4.78 is 4.94. The van der Waals surface area contributed by atoms with Gasteiger partial charge in [-0.2, -0.15) is 0 Å². The maximum atomic E-state index is 12.3. The minimum absolute atomic E-state index is 0.0472. The number of phenols is 1. The zero-order valence-electron chi connectivity index (χ0n) is 12.8. The number of nitro groups is 1. The number of hydrogen-bond acceptors (Lipinski definition) is 6. The van der Waals surface area contributed by atoms with Crippen LogP contribution in [-0.4, -0.2) is 51.6 Å². The predicted molar refractivity (Wildman–Crippen MR) is 87.0 cm³/mol. The van der Waals surface area contributed by atoms with Gasteiger partial charge in [0.1, 0.15) is 5.70 Å². The quantitative estimate of drug-likeness (QED) is 0.387. The number of carbonyl (C=O) groups excluding carboxylic acids is 1. The molecule has 1 aromatic carbocycles. The number of rotatable bonds is 4. The number of carbonyl (C=O) groups is 1. The summed E-state index contributed by atoms with van der Waals surface area (Å²) in [5.41, 5.74) is 0.139. The third-order valence-electron chi connectivity index (χ3n) is 3.46. The van der Waals surface area contributed by atoms with Crippen LogP contribution in [0, 0.1) is 10.1 Å². The smallest absolute Gasteiger partial charge is 0.315 e. The Morgan fingerprint density at radius 3 is 2.61 bits per heavy atom. The molecule has 1 heterocycles. The first-order valence-electron chi connectivity index (χ1n) is 6.68. The van der Waals surface area contributed by atoms with Crippen LogP contribution in [0.25, 0.3) is 6.08 Å². The van der Waals surface area contributed by atoms with Gasteiger partial charge in [0.05, 0.1) is 12.0 Å². The van der Waals surface area contributed by atoms with Crippen LogP contribution < -0.4 is 4.74 Å². The third kappa shape index (κ3) is 2.82. The molecule has 0 bridgehead atoms. The van der Waals surface area contributed by atoms with Crippen molar-refractivity contribution in [1.82, 2.24) is 9.80 Å². The van der Waals surface area contributed by atoms with Crippen LogP contribution >= 0.6 is 12.2 Å². The minimum atomic E-state index is -0.719. The van der Waals surface area contributed by atoms with Crippen LogP contribution in [0.2, 0.25) is 0 Å². The van der Waals surface area contributed by atoms with Crippen molar-refractivity contribution in [3.8, 4) is 11.5 Å². The Labute approximate surface area is 137 Å². The molecule has 8 nitrogen and oxygen atoms in total. The van der Waals surface area contributed by atoms with Gasteiger partial charge in [-0.05, 0) is 36.8 Å². The Kier molecular flexibility index (Phi) is 4.50. The summed E-state index contributed by atoms with van der Waals surface area (Å²) in [5.74, 6) is -0.889.